The molecule has 1 atom stereocenters. The van der Waals surface area contributed by atoms with Gasteiger partial charge in [0.05, 0.1) is 10.8 Å². The van der Waals surface area contributed by atoms with Crippen LogP contribution in [0.4, 0.5) is 0 Å². The first kappa shape index (κ1) is 18.8. The molecule has 0 saturated heterocycles. The summed E-state index contributed by atoms with van der Waals surface area (Å²) >= 11 is 0. The highest BCUT2D eigenvalue weighted by Gasteiger charge is 2.32. The Hall–Kier alpha value is -1.93. The molecular weight excluding hydrogens is 354 g/mol. The standard InChI is InChI=1S/C18H25N3O4S/c1-3-21-17(15-6-4-5-7-16(15)20-21)18(22)19-14-10-8-13(9-11-14)12(2)26(23,24)25/h4-7,12-14H,3,8-11H2,1-2H3,(H,19,22)(H,23,24,25). The minimum Gasteiger partial charge on any atom is -0.348 e. The molecule has 0 bridgehead atoms. The number of carbonyl (C=O) groups is 1. The van der Waals surface area contributed by atoms with E-state index in [0.717, 1.165) is 10.9 Å². The summed E-state index contributed by atoms with van der Waals surface area (Å²) in [6.45, 7) is 4.10. The molecule has 1 fully saturated rings. The van der Waals surface area contributed by atoms with E-state index in [2.05, 4.69) is 10.4 Å². The van der Waals surface area contributed by atoms with Crippen molar-refractivity contribution in [3.05, 3.63) is 30.0 Å². The van der Waals surface area contributed by atoms with Gasteiger partial charge < -0.3 is 5.32 Å². The molecule has 7 nitrogen and oxygen atoms in total. The molecular formula is C18H25N3O4S. The van der Waals surface area contributed by atoms with Crippen molar-refractivity contribution in [2.75, 3.05) is 0 Å². The van der Waals surface area contributed by atoms with E-state index < -0.39 is 15.4 Å². The van der Waals surface area contributed by atoms with Gasteiger partial charge in [0.15, 0.2) is 0 Å². The van der Waals surface area contributed by atoms with E-state index >= 15 is 0 Å². The fourth-order valence-electron chi connectivity index (χ4n) is 3.78. The van der Waals surface area contributed by atoms with Crippen LogP contribution in [0.2, 0.25) is 0 Å². The molecule has 1 aliphatic carbocycles. The van der Waals surface area contributed by atoms with Crippen LogP contribution >= 0.6 is 0 Å². The highest BCUT2D eigenvalue weighted by atomic mass is 32.2. The first-order chi connectivity index (χ1) is 12.3. The van der Waals surface area contributed by atoms with Gasteiger partial charge in [-0.3, -0.25) is 14.0 Å². The lowest BCUT2D eigenvalue weighted by Gasteiger charge is -2.31. The number of aryl methyl sites for hydroxylation is 1. The zero-order valence-electron chi connectivity index (χ0n) is 15.1. The number of nitrogens with one attached hydrogen (secondary N) is 1. The molecule has 1 heterocycles. The van der Waals surface area contributed by atoms with Crippen molar-refractivity contribution in [2.24, 2.45) is 5.92 Å². The second-order valence-electron chi connectivity index (χ2n) is 6.99. The van der Waals surface area contributed by atoms with Gasteiger partial charge >= 0.3 is 0 Å². The van der Waals surface area contributed by atoms with Crippen molar-refractivity contribution < 1.29 is 17.8 Å². The maximum atomic E-state index is 12.8. The Kier molecular flexibility index (Phi) is 5.34. The third-order valence-corrected chi connectivity index (χ3v) is 6.73. The highest BCUT2D eigenvalue weighted by molar-refractivity contribution is 7.86. The van der Waals surface area contributed by atoms with Crippen LogP contribution in [0.1, 0.15) is 50.0 Å². The minimum atomic E-state index is -4.01. The van der Waals surface area contributed by atoms with Crippen LogP contribution in [0.5, 0.6) is 0 Å². The predicted molar refractivity (Wildman–Crippen MR) is 99.6 cm³/mol. The fraction of sp³-hybridized carbons (Fsp3) is 0.556. The molecule has 26 heavy (non-hydrogen) atoms. The number of nitrogens with zero attached hydrogens (tertiary/aromatic N) is 2. The lowest BCUT2D eigenvalue weighted by atomic mass is 9.84. The Labute approximate surface area is 153 Å². The van der Waals surface area contributed by atoms with Crippen LogP contribution in [-0.2, 0) is 16.7 Å². The Balaban J connectivity index is 1.69. The van der Waals surface area contributed by atoms with Gasteiger partial charge in [0, 0.05) is 18.0 Å². The maximum absolute atomic E-state index is 12.8. The van der Waals surface area contributed by atoms with E-state index in [1.165, 1.54) is 0 Å². The second kappa shape index (κ2) is 7.36. The minimum absolute atomic E-state index is 0.00585. The second-order valence-corrected chi connectivity index (χ2v) is 8.76. The van der Waals surface area contributed by atoms with E-state index in [1.54, 1.807) is 11.6 Å². The average Bonchev–Trinajstić information content (AvgIpc) is 2.99. The molecule has 142 valence electrons. The van der Waals surface area contributed by atoms with E-state index in [0.29, 0.717) is 37.9 Å². The van der Waals surface area contributed by atoms with E-state index in [1.807, 2.05) is 31.2 Å². The van der Waals surface area contributed by atoms with E-state index in [9.17, 15) is 17.8 Å². The number of hydrogen-bond donors (Lipinski definition) is 2. The summed E-state index contributed by atoms with van der Waals surface area (Å²) in [5.41, 5.74) is 1.36. The van der Waals surface area contributed by atoms with Gasteiger partial charge in [0.25, 0.3) is 16.0 Å². The molecule has 3 rings (SSSR count). The molecule has 1 aromatic heterocycles. The lowest BCUT2D eigenvalue weighted by molar-refractivity contribution is 0.0912. The SMILES string of the molecule is CCn1nc2ccccc2c1C(=O)NC1CCC(C(C)S(=O)(=O)O)CC1. The molecule has 0 aliphatic heterocycles. The van der Waals surface area contributed by atoms with Gasteiger partial charge in [-0.05, 0) is 51.5 Å². The molecule has 0 radical (unpaired) electrons. The maximum Gasteiger partial charge on any atom is 0.270 e. The molecule has 1 unspecified atom stereocenters. The van der Waals surface area contributed by atoms with Gasteiger partial charge in [-0.1, -0.05) is 18.2 Å². The van der Waals surface area contributed by atoms with Crippen molar-refractivity contribution in [1.82, 2.24) is 15.1 Å². The number of benzene rings is 1. The molecule has 1 aromatic carbocycles. The molecule has 8 heteroatoms. The van der Waals surface area contributed by atoms with Crippen LogP contribution in [0.25, 0.3) is 10.9 Å². The summed E-state index contributed by atoms with van der Waals surface area (Å²) in [6, 6.07) is 7.58. The summed E-state index contributed by atoms with van der Waals surface area (Å²) in [7, 11) is -4.01. The predicted octanol–water partition coefficient (Wildman–Crippen LogP) is 2.62. The smallest absolute Gasteiger partial charge is 0.270 e. The normalized spacial score (nSPS) is 22.3. The summed E-state index contributed by atoms with van der Waals surface area (Å²) in [6.07, 6.45) is 2.74. The highest BCUT2D eigenvalue weighted by Crippen LogP contribution is 2.30. The fourth-order valence-corrected chi connectivity index (χ4v) is 4.54. The van der Waals surface area contributed by atoms with Crippen molar-refractivity contribution in [2.45, 2.75) is 57.4 Å². The van der Waals surface area contributed by atoms with Crippen molar-refractivity contribution in [3.8, 4) is 0 Å². The largest absolute Gasteiger partial charge is 0.348 e. The van der Waals surface area contributed by atoms with E-state index in [-0.39, 0.29) is 17.9 Å². The van der Waals surface area contributed by atoms with Crippen LogP contribution in [-0.4, -0.2) is 39.9 Å². The van der Waals surface area contributed by atoms with E-state index in [4.69, 9.17) is 0 Å². The summed E-state index contributed by atoms with van der Waals surface area (Å²) in [5, 5.41) is 7.62. The number of aromatic nitrogens is 2. The Morgan fingerprint density at radius 3 is 2.58 bits per heavy atom. The molecule has 1 saturated carbocycles. The topological polar surface area (TPSA) is 101 Å². The first-order valence-electron chi connectivity index (χ1n) is 9.04. The first-order valence-corrected chi connectivity index (χ1v) is 10.5. The quantitative estimate of drug-likeness (QED) is 0.778. The summed E-state index contributed by atoms with van der Waals surface area (Å²) in [4.78, 5) is 12.8. The Morgan fingerprint density at radius 2 is 1.96 bits per heavy atom. The Morgan fingerprint density at radius 1 is 1.31 bits per heavy atom. The van der Waals surface area contributed by atoms with Crippen molar-refractivity contribution in [3.63, 3.8) is 0 Å². The van der Waals surface area contributed by atoms with Gasteiger partial charge in [0.2, 0.25) is 0 Å². The summed E-state index contributed by atoms with van der Waals surface area (Å²) < 4.78 is 33.6. The molecule has 1 amide bonds. The third-order valence-electron chi connectivity index (χ3n) is 5.40. The van der Waals surface area contributed by atoms with Gasteiger partial charge in [-0.25, -0.2) is 0 Å². The van der Waals surface area contributed by atoms with Crippen molar-refractivity contribution in [1.29, 1.82) is 0 Å². The van der Waals surface area contributed by atoms with Crippen LogP contribution in [0.3, 0.4) is 0 Å². The summed E-state index contributed by atoms with van der Waals surface area (Å²) in [5.74, 6) is -0.216. The van der Waals surface area contributed by atoms with Gasteiger partial charge in [-0.2, -0.15) is 13.5 Å². The molecule has 0 spiro atoms. The zero-order valence-corrected chi connectivity index (χ0v) is 15.9. The molecule has 2 N–H and O–H groups in total. The monoisotopic (exact) mass is 379 g/mol. The number of hydrogen-bond acceptors (Lipinski definition) is 4. The third kappa shape index (κ3) is 3.76. The van der Waals surface area contributed by atoms with Crippen molar-refractivity contribution >= 4 is 26.9 Å². The zero-order chi connectivity index (χ0) is 18.9. The van der Waals surface area contributed by atoms with Gasteiger partial charge in [-0.15, -0.1) is 0 Å². The number of rotatable bonds is 5. The van der Waals surface area contributed by atoms with Crippen LogP contribution in [0, 0.1) is 5.92 Å². The molecule has 2 aromatic rings. The lowest BCUT2D eigenvalue weighted by Crippen LogP contribution is -2.40. The molecule has 1 aliphatic rings. The van der Waals surface area contributed by atoms with Gasteiger partial charge in [0.1, 0.15) is 5.69 Å². The number of amides is 1. The Bertz CT molecular complexity index is 898. The number of fused-ring (bicyclic) bond motifs is 1. The van der Waals surface area contributed by atoms with Crippen LogP contribution in [0.15, 0.2) is 24.3 Å². The number of carbonyl (C=O) groups excluding carboxylic acids is 1. The average molecular weight is 379 g/mol. The van der Waals surface area contributed by atoms with Crippen LogP contribution < -0.4 is 5.32 Å².